The molecule has 1 aromatic carbocycles. The third-order valence-electron chi connectivity index (χ3n) is 2.75. The molecule has 0 aliphatic rings. The standard InChI is InChI=1S/C11H7F2N3O/c1-4-5-2-7(12)10(17)9(13)8(5)6-3-14-16-11(6)15-4/h2-3,17H,1H3,(H,14,15,16). The number of benzene rings is 1. The van der Waals surface area contributed by atoms with E-state index in [1.54, 1.807) is 6.92 Å². The molecule has 0 saturated heterocycles. The second kappa shape index (κ2) is 3.13. The molecule has 0 spiro atoms. The first kappa shape index (κ1) is 9.95. The van der Waals surface area contributed by atoms with Gasteiger partial charge in [-0.2, -0.15) is 5.10 Å². The van der Waals surface area contributed by atoms with E-state index in [0.29, 0.717) is 22.1 Å². The molecule has 0 bridgehead atoms. The Bertz CT molecular complexity index is 751. The molecular formula is C11H7F2N3O. The summed E-state index contributed by atoms with van der Waals surface area (Å²) in [7, 11) is 0. The van der Waals surface area contributed by atoms with Crippen molar-refractivity contribution in [2.75, 3.05) is 0 Å². The second-order valence-corrected chi connectivity index (χ2v) is 3.77. The molecule has 17 heavy (non-hydrogen) atoms. The zero-order valence-electron chi connectivity index (χ0n) is 8.75. The van der Waals surface area contributed by atoms with Crippen LogP contribution in [-0.2, 0) is 0 Å². The van der Waals surface area contributed by atoms with E-state index < -0.39 is 17.4 Å². The lowest BCUT2D eigenvalue weighted by atomic mass is 10.1. The van der Waals surface area contributed by atoms with E-state index >= 15 is 0 Å². The van der Waals surface area contributed by atoms with Crippen molar-refractivity contribution in [3.8, 4) is 5.75 Å². The van der Waals surface area contributed by atoms with Crippen LogP contribution in [0.15, 0.2) is 12.3 Å². The monoisotopic (exact) mass is 235 g/mol. The Balaban J connectivity index is 2.68. The smallest absolute Gasteiger partial charge is 0.188 e. The average molecular weight is 235 g/mol. The van der Waals surface area contributed by atoms with Gasteiger partial charge in [0.1, 0.15) is 0 Å². The highest BCUT2D eigenvalue weighted by molar-refractivity contribution is 6.06. The van der Waals surface area contributed by atoms with Gasteiger partial charge in [0.05, 0.1) is 6.20 Å². The van der Waals surface area contributed by atoms with Gasteiger partial charge in [-0.05, 0) is 13.0 Å². The minimum absolute atomic E-state index is 0.125. The minimum atomic E-state index is -0.997. The zero-order valence-corrected chi connectivity index (χ0v) is 8.75. The summed E-state index contributed by atoms with van der Waals surface area (Å²) in [5.74, 6) is -2.97. The summed E-state index contributed by atoms with van der Waals surface area (Å²) in [6.07, 6.45) is 1.39. The van der Waals surface area contributed by atoms with Crippen molar-refractivity contribution < 1.29 is 13.9 Å². The van der Waals surface area contributed by atoms with Crippen LogP contribution in [0.2, 0.25) is 0 Å². The number of aromatic nitrogens is 3. The van der Waals surface area contributed by atoms with Crippen LogP contribution < -0.4 is 0 Å². The highest BCUT2D eigenvalue weighted by Gasteiger charge is 2.18. The van der Waals surface area contributed by atoms with Gasteiger partial charge in [-0.25, -0.2) is 13.8 Å². The number of aromatic amines is 1. The third-order valence-corrected chi connectivity index (χ3v) is 2.75. The molecular weight excluding hydrogens is 228 g/mol. The lowest BCUT2D eigenvalue weighted by molar-refractivity contribution is 0.400. The lowest BCUT2D eigenvalue weighted by Gasteiger charge is -2.06. The molecule has 3 rings (SSSR count). The molecule has 0 atom stereocenters. The van der Waals surface area contributed by atoms with Crippen LogP contribution in [-0.4, -0.2) is 20.3 Å². The van der Waals surface area contributed by atoms with Gasteiger partial charge < -0.3 is 5.11 Å². The number of aromatic hydroxyl groups is 1. The van der Waals surface area contributed by atoms with Gasteiger partial charge in [0, 0.05) is 21.9 Å². The molecule has 0 unspecified atom stereocenters. The largest absolute Gasteiger partial charge is 0.503 e. The molecule has 86 valence electrons. The van der Waals surface area contributed by atoms with Crippen LogP contribution in [0, 0.1) is 18.6 Å². The fraction of sp³-hybridized carbons (Fsp3) is 0.0909. The summed E-state index contributed by atoms with van der Waals surface area (Å²) in [6, 6.07) is 1.07. The van der Waals surface area contributed by atoms with E-state index in [1.807, 2.05) is 0 Å². The van der Waals surface area contributed by atoms with Crippen molar-refractivity contribution in [2.45, 2.75) is 6.92 Å². The van der Waals surface area contributed by atoms with Crippen molar-refractivity contribution in [1.82, 2.24) is 15.2 Å². The van der Waals surface area contributed by atoms with Crippen LogP contribution in [0.5, 0.6) is 5.75 Å². The fourth-order valence-electron chi connectivity index (χ4n) is 1.93. The molecule has 0 radical (unpaired) electrons. The van der Waals surface area contributed by atoms with E-state index in [9.17, 15) is 13.9 Å². The Labute approximate surface area is 93.9 Å². The number of hydrogen-bond acceptors (Lipinski definition) is 3. The molecule has 0 aliphatic heterocycles. The number of phenolic OH excluding ortho intramolecular Hbond substituents is 1. The topological polar surface area (TPSA) is 61.8 Å². The maximum absolute atomic E-state index is 13.9. The van der Waals surface area contributed by atoms with Crippen molar-refractivity contribution in [3.63, 3.8) is 0 Å². The van der Waals surface area contributed by atoms with Crippen LogP contribution >= 0.6 is 0 Å². The number of rotatable bonds is 0. The van der Waals surface area contributed by atoms with Crippen molar-refractivity contribution >= 4 is 21.8 Å². The summed E-state index contributed by atoms with van der Waals surface area (Å²) < 4.78 is 27.2. The van der Waals surface area contributed by atoms with Gasteiger partial charge in [0.15, 0.2) is 23.0 Å². The molecule has 2 aromatic heterocycles. The number of phenols is 1. The Morgan fingerprint density at radius 2 is 2.06 bits per heavy atom. The van der Waals surface area contributed by atoms with Crippen LogP contribution in [0.4, 0.5) is 8.78 Å². The third kappa shape index (κ3) is 1.20. The van der Waals surface area contributed by atoms with Crippen molar-refractivity contribution in [1.29, 1.82) is 0 Å². The average Bonchev–Trinajstić information content (AvgIpc) is 2.74. The number of halogens is 2. The number of hydrogen-bond donors (Lipinski definition) is 2. The molecule has 4 nitrogen and oxygen atoms in total. The maximum Gasteiger partial charge on any atom is 0.188 e. The highest BCUT2D eigenvalue weighted by Crippen LogP contribution is 2.33. The van der Waals surface area contributed by atoms with E-state index in [4.69, 9.17) is 0 Å². The summed E-state index contributed by atoms with van der Waals surface area (Å²) in [4.78, 5) is 4.14. The first-order valence-corrected chi connectivity index (χ1v) is 4.90. The van der Waals surface area contributed by atoms with Gasteiger partial charge in [0.25, 0.3) is 0 Å². The van der Waals surface area contributed by atoms with Crippen molar-refractivity contribution in [3.05, 3.63) is 29.6 Å². The van der Waals surface area contributed by atoms with E-state index in [2.05, 4.69) is 15.2 Å². The molecule has 0 aliphatic carbocycles. The molecule has 0 fully saturated rings. The minimum Gasteiger partial charge on any atom is -0.503 e. The predicted molar refractivity (Wildman–Crippen MR) is 57.7 cm³/mol. The zero-order chi connectivity index (χ0) is 12.2. The quantitative estimate of drug-likeness (QED) is 0.629. The number of nitrogens with zero attached hydrogens (tertiary/aromatic N) is 2. The number of fused-ring (bicyclic) bond motifs is 3. The number of aryl methyl sites for hydroxylation is 1. The molecule has 2 N–H and O–H groups in total. The lowest BCUT2D eigenvalue weighted by Crippen LogP contribution is -1.92. The van der Waals surface area contributed by atoms with Gasteiger partial charge in [0.2, 0.25) is 0 Å². The Kier molecular flexibility index (Phi) is 1.83. The van der Waals surface area contributed by atoms with E-state index in [-0.39, 0.29) is 5.39 Å². The van der Waals surface area contributed by atoms with Gasteiger partial charge >= 0.3 is 0 Å². The SMILES string of the molecule is Cc1nc2[nH]ncc2c2c(F)c(O)c(F)cc12. The number of pyridine rings is 1. The molecule has 2 heterocycles. The van der Waals surface area contributed by atoms with Gasteiger partial charge in [-0.3, -0.25) is 5.10 Å². The van der Waals surface area contributed by atoms with Gasteiger partial charge in [-0.15, -0.1) is 0 Å². The normalized spacial score (nSPS) is 11.5. The summed E-state index contributed by atoms with van der Waals surface area (Å²) >= 11 is 0. The van der Waals surface area contributed by atoms with Crippen LogP contribution in [0.3, 0.4) is 0 Å². The first-order chi connectivity index (χ1) is 8.09. The molecule has 6 heteroatoms. The molecule has 0 saturated carbocycles. The summed E-state index contributed by atoms with van der Waals surface area (Å²) in [5, 5.41) is 16.5. The summed E-state index contributed by atoms with van der Waals surface area (Å²) in [6.45, 7) is 1.64. The second-order valence-electron chi connectivity index (χ2n) is 3.77. The Morgan fingerprint density at radius 1 is 1.29 bits per heavy atom. The van der Waals surface area contributed by atoms with Crippen LogP contribution in [0.25, 0.3) is 21.8 Å². The molecule has 0 amide bonds. The van der Waals surface area contributed by atoms with Gasteiger partial charge in [-0.1, -0.05) is 0 Å². The summed E-state index contributed by atoms with van der Waals surface area (Å²) in [5.41, 5.74) is 0.870. The highest BCUT2D eigenvalue weighted by atomic mass is 19.1. The predicted octanol–water partition coefficient (Wildman–Crippen LogP) is 2.40. The van der Waals surface area contributed by atoms with Crippen molar-refractivity contribution in [2.24, 2.45) is 0 Å². The Hall–Kier alpha value is -2.24. The Morgan fingerprint density at radius 3 is 2.82 bits per heavy atom. The first-order valence-electron chi connectivity index (χ1n) is 4.90. The number of nitrogens with one attached hydrogen (secondary N) is 1. The fourth-order valence-corrected chi connectivity index (χ4v) is 1.93. The van der Waals surface area contributed by atoms with Crippen LogP contribution in [0.1, 0.15) is 5.69 Å². The van der Waals surface area contributed by atoms with E-state index in [0.717, 1.165) is 6.07 Å². The maximum atomic E-state index is 13.9. The van der Waals surface area contributed by atoms with E-state index in [1.165, 1.54) is 6.20 Å². The number of H-pyrrole nitrogens is 1. The molecule has 3 aromatic rings.